The van der Waals surface area contributed by atoms with E-state index < -0.39 is 0 Å². The Morgan fingerprint density at radius 2 is 1.00 bits per heavy atom. The molecule has 0 amide bonds. The number of hydrogen-bond acceptors (Lipinski definition) is 2. The molecule has 40 heavy (non-hydrogen) atoms. The van der Waals surface area contributed by atoms with Crippen molar-refractivity contribution in [2.24, 2.45) is 0 Å². The second-order valence-electron chi connectivity index (χ2n) is 10.4. The zero-order valence-electron chi connectivity index (χ0n) is 22.6. The van der Waals surface area contributed by atoms with Crippen molar-refractivity contribution in [2.75, 3.05) is 0 Å². The molecule has 5 aromatic carbocycles. The summed E-state index contributed by atoms with van der Waals surface area (Å²) in [6, 6.07) is 43.7. The van der Waals surface area contributed by atoms with Gasteiger partial charge in [0.05, 0.1) is 5.69 Å². The van der Waals surface area contributed by atoms with Crippen molar-refractivity contribution in [3.05, 3.63) is 145 Å². The van der Waals surface area contributed by atoms with Crippen LogP contribution in [0.4, 0.5) is 0 Å². The number of nitrogens with zero attached hydrogens (tertiary/aromatic N) is 2. The summed E-state index contributed by atoms with van der Waals surface area (Å²) >= 11 is 0. The van der Waals surface area contributed by atoms with Gasteiger partial charge in [0.2, 0.25) is 0 Å². The predicted molar refractivity (Wildman–Crippen MR) is 168 cm³/mol. The lowest BCUT2D eigenvalue weighted by molar-refractivity contribution is 1.21. The Morgan fingerprint density at radius 1 is 0.425 bits per heavy atom. The fraction of sp³-hybridized carbons (Fsp3) is 0.0526. The molecule has 7 rings (SSSR count). The smallest absolute Gasteiger partial charge is 0.0705 e. The molecule has 0 N–H and O–H groups in total. The number of fused-ring (bicyclic) bond motifs is 2. The molecule has 7 aromatic rings. The Labute approximate surface area is 234 Å². The standard InChI is InChI=1S/C38H28N2/c1-25-21-31(24-39-23-25)27-17-19-28(20-18-27)37-32-12-3-5-14-34(32)38(35-15-6-4-13-33(35)37)30-11-8-10-29(22-30)36-16-7-9-26(2)40-36/h3-24H,1-2H3. The first-order valence-corrected chi connectivity index (χ1v) is 13.7. The van der Waals surface area contributed by atoms with Crippen molar-refractivity contribution in [1.82, 2.24) is 9.97 Å². The first-order valence-electron chi connectivity index (χ1n) is 13.7. The van der Waals surface area contributed by atoms with Crippen LogP contribution in [0.3, 0.4) is 0 Å². The number of aromatic nitrogens is 2. The van der Waals surface area contributed by atoms with Crippen molar-refractivity contribution >= 4 is 21.5 Å². The second kappa shape index (κ2) is 9.91. The molecule has 0 fully saturated rings. The van der Waals surface area contributed by atoms with Crippen LogP contribution in [0.5, 0.6) is 0 Å². The van der Waals surface area contributed by atoms with Gasteiger partial charge < -0.3 is 0 Å². The minimum atomic E-state index is 0.996. The Balaban J connectivity index is 1.45. The monoisotopic (exact) mass is 512 g/mol. The third-order valence-corrected chi connectivity index (χ3v) is 7.65. The molecule has 0 atom stereocenters. The number of rotatable bonds is 4. The lowest BCUT2D eigenvalue weighted by Crippen LogP contribution is -1.92. The lowest BCUT2D eigenvalue weighted by atomic mass is 9.85. The van der Waals surface area contributed by atoms with Crippen LogP contribution in [0, 0.1) is 13.8 Å². The van der Waals surface area contributed by atoms with E-state index in [0.29, 0.717) is 0 Å². The Kier molecular flexibility index (Phi) is 5.94. The second-order valence-corrected chi connectivity index (χ2v) is 10.4. The van der Waals surface area contributed by atoms with Gasteiger partial charge in [0.1, 0.15) is 0 Å². The highest BCUT2D eigenvalue weighted by Gasteiger charge is 2.17. The molecule has 0 radical (unpaired) electrons. The highest BCUT2D eigenvalue weighted by molar-refractivity contribution is 6.21. The summed E-state index contributed by atoms with van der Waals surface area (Å²) in [6.45, 7) is 4.12. The fourth-order valence-corrected chi connectivity index (χ4v) is 5.83. The van der Waals surface area contributed by atoms with E-state index in [1.165, 1.54) is 49.4 Å². The van der Waals surface area contributed by atoms with E-state index in [2.05, 4.69) is 127 Å². The highest BCUT2D eigenvalue weighted by atomic mass is 14.7. The van der Waals surface area contributed by atoms with Gasteiger partial charge in [-0.1, -0.05) is 97.1 Å². The van der Waals surface area contributed by atoms with Crippen molar-refractivity contribution in [1.29, 1.82) is 0 Å². The Hall–Kier alpha value is -5.08. The van der Waals surface area contributed by atoms with Gasteiger partial charge >= 0.3 is 0 Å². The number of pyridine rings is 2. The van der Waals surface area contributed by atoms with E-state index >= 15 is 0 Å². The molecule has 0 unspecified atom stereocenters. The first kappa shape index (κ1) is 24.0. The summed E-state index contributed by atoms with van der Waals surface area (Å²) < 4.78 is 0. The van der Waals surface area contributed by atoms with Gasteiger partial charge in [-0.2, -0.15) is 0 Å². The molecular weight excluding hydrogens is 484 g/mol. The average Bonchev–Trinajstić information content (AvgIpc) is 3.00. The van der Waals surface area contributed by atoms with Crippen molar-refractivity contribution in [3.8, 4) is 44.6 Å². The molecular formula is C38H28N2. The minimum Gasteiger partial charge on any atom is -0.264 e. The molecule has 2 aromatic heterocycles. The summed E-state index contributed by atoms with van der Waals surface area (Å²) in [6.07, 6.45) is 3.83. The van der Waals surface area contributed by atoms with Gasteiger partial charge in [0, 0.05) is 29.2 Å². The van der Waals surface area contributed by atoms with Crippen molar-refractivity contribution in [2.45, 2.75) is 13.8 Å². The number of hydrogen-bond donors (Lipinski definition) is 0. The quantitative estimate of drug-likeness (QED) is 0.219. The maximum absolute atomic E-state index is 4.79. The lowest BCUT2D eigenvalue weighted by Gasteiger charge is -2.18. The van der Waals surface area contributed by atoms with Gasteiger partial charge in [0.25, 0.3) is 0 Å². The average molecular weight is 513 g/mol. The Bertz CT molecular complexity index is 1960. The van der Waals surface area contributed by atoms with Crippen LogP contribution in [0.1, 0.15) is 11.3 Å². The number of benzene rings is 5. The van der Waals surface area contributed by atoms with E-state index in [1.807, 2.05) is 25.4 Å². The molecule has 2 nitrogen and oxygen atoms in total. The van der Waals surface area contributed by atoms with Crippen LogP contribution in [0.2, 0.25) is 0 Å². The zero-order valence-corrected chi connectivity index (χ0v) is 22.6. The summed E-state index contributed by atoms with van der Waals surface area (Å²) in [5.74, 6) is 0. The molecule has 0 spiro atoms. The van der Waals surface area contributed by atoms with Crippen LogP contribution in [-0.4, -0.2) is 9.97 Å². The van der Waals surface area contributed by atoms with E-state index in [4.69, 9.17) is 4.98 Å². The van der Waals surface area contributed by atoms with Crippen LogP contribution < -0.4 is 0 Å². The van der Waals surface area contributed by atoms with Crippen LogP contribution in [0.25, 0.3) is 66.2 Å². The van der Waals surface area contributed by atoms with Gasteiger partial charge in [0.15, 0.2) is 0 Å². The van der Waals surface area contributed by atoms with E-state index in [0.717, 1.165) is 28.1 Å². The Morgan fingerprint density at radius 3 is 1.62 bits per heavy atom. The summed E-state index contributed by atoms with van der Waals surface area (Å²) in [7, 11) is 0. The van der Waals surface area contributed by atoms with Crippen molar-refractivity contribution < 1.29 is 0 Å². The van der Waals surface area contributed by atoms with Crippen LogP contribution >= 0.6 is 0 Å². The maximum atomic E-state index is 4.79. The van der Waals surface area contributed by atoms with E-state index in [1.54, 1.807) is 0 Å². The predicted octanol–water partition coefficient (Wildman–Crippen LogP) is 10.1. The topological polar surface area (TPSA) is 25.8 Å². The van der Waals surface area contributed by atoms with E-state index in [9.17, 15) is 0 Å². The van der Waals surface area contributed by atoms with Gasteiger partial charge in [-0.25, -0.2) is 0 Å². The third kappa shape index (κ3) is 4.24. The summed E-state index contributed by atoms with van der Waals surface area (Å²) in [5.41, 5.74) is 11.5. The molecule has 0 bridgehead atoms. The van der Waals surface area contributed by atoms with Gasteiger partial charge in [-0.15, -0.1) is 0 Å². The van der Waals surface area contributed by atoms with Gasteiger partial charge in [-0.3, -0.25) is 9.97 Å². The summed E-state index contributed by atoms with van der Waals surface area (Å²) in [4.78, 5) is 9.17. The molecule has 0 aliphatic rings. The normalized spacial score (nSPS) is 11.2. The minimum absolute atomic E-state index is 0.996. The molecule has 0 aliphatic carbocycles. The van der Waals surface area contributed by atoms with Crippen LogP contribution in [-0.2, 0) is 0 Å². The molecule has 0 saturated heterocycles. The molecule has 190 valence electrons. The maximum Gasteiger partial charge on any atom is 0.0705 e. The molecule has 0 aliphatic heterocycles. The highest BCUT2D eigenvalue weighted by Crippen LogP contribution is 2.44. The first-order chi connectivity index (χ1) is 19.7. The van der Waals surface area contributed by atoms with E-state index in [-0.39, 0.29) is 0 Å². The van der Waals surface area contributed by atoms with Gasteiger partial charge in [-0.05, 0) is 93.0 Å². The largest absolute Gasteiger partial charge is 0.264 e. The fourth-order valence-electron chi connectivity index (χ4n) is 5.83. The third-order valence-electron chi connectivity index (χ3n) is 7.65. The molecule has 2 heterocycles. The van der Waals surface area contributed by atoms with Crippen molar-refractivity contribution in [3.63, 3.8) is 0 Å². The molecule has 2 heteroatoms. The van der Waals surface area contributed by atoms with Crippen LogP contribution in [0.15, 0.2) is 134 Å². The molecule has 0 saturated carbocycles. The number of aryl methyl sites for hydroxylation is 2. The zero-order chi connectivity index (χ0) is 27.1. The summed E-state index contributed by atoms with van der Waals surface area (Å²) in [5, 5.41) is 5.00. The SMILES string of the molecule is Cc1cncc(-c2ccc(-c3c4ccccc4c(-c4cccc(-c5cccc(C)n5)c4)c4ccccc34)cc2)c1.